The Morgan fingerprint density at radius 3 is 2.53 bits per heavy atom. The van der Waals surface area contributed by atoms with Crippen LogP contribution in [0.15, 0.2) is 54.9 Å². The number of carbonyl (C=O) groups excluding carboxylic acids is 1. The number of aromatic nitrogens is 2. The Balaban J connectivity index is 1.67. The van der Waals surface area contributed by atoms with E-state index < -0.39 is 0 Å². The summed E-state index contributed by atoms with van der Waals surface area (Å²) in [4.78, 5) is 20.7. The van der Waals surface area contributed by atoms with Crippen molar-refractivity contribution < 1.29 is 9.53 Å². The minimum atomic E-state index is -0.373. The summed E-state index contributed by atoms with van der Waals surface area (Å²) >= 11 is 0. The predicted octanol–water partition coefficient (Wildman–Crippen LogP) is 3.91. The second-order valence-corrected chi connectivity index (χ2v) is 6.69. The number of para-hydroxylation sites is 1. The molecular weight excluding hydrogens is 380 g/mol. The highest BCUT2D eigenvalue weighted by Crippen LogP contribution is 2.26. The van der Waals surface area contributed by atoms with Gasteiger partial charge in [-0.2, -0.15) is 0 Å². The van der Waals surface area contributed by atoms with Crippen LogP contribution in [0.25, 0.3) is 0 Å². The number of rotatable bonds is 9. The third-order valence-electron chi connectivity index (χ3n) is 4.57. The van der Waals surface area contributed by atoms with E-state index in [2.05, 4.69) is 45.2 Å². The van der Waals surface area contributed by atoms with Gasteiger partial charge >= 0.3 is 0 Å². The standard InChI is InChI=1S/C22H26N6O2/c1-3-4-7-15-10-12-16(13-11-15)26-20-19(23)21(25-14-24-20)27-28-22(29)17-8-5-6-9-18(17)30-2/h5-6,8-14H,3-4,7,23H2,1-2H3,(H,28,29)(H2,24,25,26,27). The van der Waals surface area contributed by atoms with Gasteiger partial charge in [0.25, 0.3) is 5.91 Å². The average Bonchev–Trinajstić information content (AvgIpc) is 2.79. The molecule has 8 heteroatoms. The van der Waals surface area contributed by atoms with Gasteiger partial charge < -0.3 is 15.8 Å². The molecule has 0 aliphatic carbocycles. The van der Waals surface area contributed by atoms with Crippen LogP contribution in [0.5, 0.6) is 5.75 Å². The number of methoxy groups -OCH3 is 1. The molecule has 1 amide bonds. The van der Waals surface area contributed by atoms with Crippen LogP contribution in [-0.4, -0.2) is 23.0 Å². The molecule has 0 spiro atoms. The van der Waals surface area contributed by atoms with E-state index in [9.17, 15) is 4.79 Å². The zero-order chi connectivity index (χ0) is 21.3. The number of nitrogens with one attached hydrogen (secondary N) is 3. The first kappa shape index (κ1) is 20.9. The lowest BCUT2D eigenvalue weighted by atomic mass is 10.1. The van der Waals surface area contributed by atoms with Crippen LogP contribution in [0.1, 0.15) is 35.7 Å². The van der Waals surface area contributed by atoms with E-state index in [1.165, 1.54) is 31.8 Å². The number of hydrazine groups is 1. The van der Waals surface area contributed by atoms with Gasteiger partial charge in [-0.3, -0.25) is 15.6 Å². The van der Waals surface area contributed by atoms with Crippen molar-refractivity contribution in [3.8, 4) is 5.75 Å². The van der Waals surface area contributed by atoms with Crippen molar-refractivity contribution in [1.82, 2.24) is 15.4 Å². The van der Waals surface area contributed by atoms with Crippen LogP contribution in [-0.2, 0) is 6.42 Å². The SMILES string of the molecule is CCCCc1ccc(Nc2ncnc(NNC(=O)c3ccccc3OC)c2N)cc1. The van der Waals surface area contributed by atoms with Gasteiger partial charge in [-0.25, -0.2) is 9.97 Å². The summed E-state index contributed by atoms with van der Waals surface area (Å²) in [6, 6.07) is 15.1. The van der Waals surface area contributed by atoms with Crippen molar-refractivity contribution in [2.45, 2.75) is 26.2 Å². The summed E-state index contributed by atoms with van der Waals surface area (Å²) in [5.74, 6) is 0.829. The molecule has 8 nitrogen and oxygen atoms in total. The number of nitrogens with two attached hydrogens (primary N) is 1. The number of hydrogen-bond acceptors (Lipinski definition) is 7. The summed E-state index contributed by atoms with van der Waals surface area (Å²) in [6.07, 6.45) is 4.76. The Hall–Kier alpha value is -3.81. The van der Waals surface area contributed by atoms with Gasteiger partial charge in [0.15, 0.2) is 11.6 Å². The fraction of sp³-hybridized carbons (Fsp3) is 0.227. The summed E-state index contributed by atoms with van der Waals surface area (Å²) in [5, 5.41) is 3.18. The molecule has 0 aliphatic rings. The zero-order valence-corrected chi connectivity index (χ0v) is 17.1. The van der Waals surface area contributed by atoms with Gasteiger partial charge in [0.05, 0.1) is 12.7 Å². The van der Waals surface area contributed by atoms with Crippen molar-refractivity contribution in [1.29, 1.82) is 0 Å². The minimum Gasteiger partial charge on any atom is -0.496 e. The number of benzene rings is 2. The van der Waals surface area contributed by atoms with Crippen LogP contribution in [0.3, 0.4) is 0 Å². The van der Waals surface area contributed by atoms with Crippen molar-refractivity contribution in [3.63, 3.8) is 0 Å². The minimum absolute atomic E-state index is 0.285. The van der Waals surface area contributed by atoms with Crippen molar-refractivity contribution in [2.24, 2.45) is 0 Å². The molecule has 0 aliphatic heterocycles. The molecule has 0 atom stereocenters. The van der Waals surface area contributed by atoms with Crippen molar-refractivity contribution in [2.75, 3.05) is 23.6 Å². The maximum Gasteiger partial charge on any atom is 0.273 e. The molecule has 0 saturated heterocycles. The van der Waals surface area contributed by atoms with E-state index in [-0.39, 0.29) is 17.4 Å². The third kappa shape index (κ3) is 5.16. The second kappa shape index (κ2) is 10.1. The summed E-state index contributed by atoms with van der Waals surface area (Å²) in [5.41, 5.74) is 14.3. The fourth-order valence-electron chi connectivity index (χ4n) is 2.88. The Morgan fingerprint density at radius 2 is 1.80 bits per heavy atom. The van der Waals surface area contributed by atoms with E-state index >= 15 is 0 Å². The van der Waals surface area contributed by atoms with E-state index in [0.29, 0.717) is 17.1 Å². The highest BCUT2D eigenvalue weighted by molar-refractivity contribution is 5.97. The van der Waals surface area contributed by atoms with Gasteiger partial charge in [0.1, 0.15) is 17.8 Å². The first-order valence-corrected chi connectivity index (χ1v) is 9.78. The maximum absolute atomic E-state index is 12.4. The predicted molar refractivity (Wildman–Crippen MR) is 119 cm³/mol. The highest BCUT2D eigenvalue weighted by atomic mass is 16.5. The Morgan fingerprint density at radius 1 is 1.07 bits per heavy atom. The number of unbranched alkanes of at least 4 members (excludes halogenated alkanes) is 1. The van der Waals surface area contributed by atoms with E-state index in [0.717, 1.165) is 12.1 Å². The molecule has 0 saturated carbocycles. The van der Waals surface area contributed by atoms with Gasteiger partial charge in [-0.1, -0.05) is 37.6 Å². The van der Waals surface area contributed by atoms with Crippen LogP contribution < -0.4 is 26.6 Å². The molecule has 5 N–H and O–H groups in total. The molecule has 156 valence electrons. The summed E-state index contributed by atoms with van der Waals surface area (Å²) in [6.45, 7) is 2.18. The summed E-state index contributed by atoms with van der Waals surface area (Å²) in [7, 11) is 1.51. The van der Waals surface area contributed by atoms with Crippen LogP contribution >= 0.6 is 0 Å². The lowest BCUT2D eigenvalue weighted by Crippen LogP contribution is -2.30. The molecule has 0 radical (unpaired) electrons. The monoisotopic (exact) mass is 406 g/mol. The number of ether oxygens (including phenoxy) is 1. The van der Waals surface area contributed by atoms with Crippen molar-refractivity contribution >= 4 is 28.9 Å². The number of carbonyl (C=O) groups is 1. The zero-order valence-electron chi connectivity index (χ0n) is 17.1. The first-order chi connectivity index (χ1) is 14.6. The van der Waals surface area contributed by atoms with E-state index in [1.807, 2.05) is 12.1 Å². The molecule has 2 aromatic carbocycles. The third-order valence-corrected chi connectivity index (χ3v) is 4.57. The van der Waals surface area contributed by atoms with Gasteiger partial charge in [-0.05, 0) is 42.7 Å². The number of nitrogen functional groups attached to an aromatic ring is 1. The molecule has 1 heterocycles. The highest BCUT2D eigenvalue weighted by Gasteiger charge is 2.13. The quantitative estimate of drug-likeness (QED) is 0.398. The molecule has 0 fully saturated rings. The van der Waals surface area contributed by atoms with Gasteiger partial charge in [0, 0.05) is 5.69 Å². The van der Waals surface area contributed by atoms with Crippen LogP contribution in [0.2, 0.25) is 0 Å². The first-order valence-electron chi connectivity index (χ1n) is 9.78. The molecule has 0 unspecified atom stereocenters. The number of nitrogens with zero attached hydrogens (tertiary/aromatic N) is 2. The Bertz CT molecular complexity index is 991. The van der Waals surface area contributed by atoms with Gasteiger partial charge in [0.2, 0.25) is 0 Å². The normalized spacial score (nSPS) is 10.3. The number of aryl methyl sites for hydroxylation is 1. The molecule has 0 bridgehead atoms. The van der Waals surface area contributed by atoms with Crippen LogP contribution in [0.4, 0.5) is 23.0 Å². The molecule has 3 rings (SSSR count). The maximum atomic E-state index is 12.4. The van der Waals surface area contributed by atoms with E-state index in [1.54, 1.807) is 24.3 Å². The molecule has 30 heavy (non-hydrogen) atoms. The van der Waals surface area contributed by atoms with Crippen molar-refractivity contribution in [3.05, 3.63) is 66.0 Å². The molecular formula is C22H26N6O2. The molecule has 1 aromatic heterocycles. The van der Waals surface area contributed by atoms with E-state index in [4.69, 9.17) is 10.5 Å². The van der Waals surface area contributed by atoms with Crippen LogP contribution in [0, 0.1) is 0 Å². The topological polar surface area (TPSA) is 114 Å². The number of amides is 1. The Kier molecular flexibility index (Phi) is 7.05. The lowest BCUT2D eigenvalue weighted by Gasteiger charge is -2.14. The summed E-state index contributed by atoms with van der Waals surface area (Å²) < 4.78 is 5.21. The Labute approximate surface area is 175 Å². The molecule has 3 aromatic rings. The van der Waals surface area contributed by atoms with Gasteiger partial charge in [-0.15, -0.1) is 0 Å². The smallest absolute Gasteiger partial charge is 0.273 e. The average molecular weight is 406 g/mol. The fourth-order valence-corrected chi connectivity index (χ4v) is 2.88. The largest absolute Gasteiger partial charge is 0.496 e. The second-order valence-electron chi connectivity index (χ2n) is 6.69. The number of hydrogen-bond donors (Lipinski definition) is 4. The lowest BCUT2D eigenvalue weighted by molar-refractivity contribution is 0.0959. The number of anilines is 4.